The minimum absolute atomic E-state index is 0.0245. The molecule has 2 aromatic rings. The van der Waals surface area contributed by atoms with E-state index < -0.39 is 0 Å². The van der Waals surface area contributed by atoms with Crippen LogP contribution in [-0.4, -0.2) is 56.0 Å². The van der Waals surface area contributed by atoms with Crippen molar-refractivity contribution < 1.29 is 14.3 Å². The number of nitrogens with zero attached hydrogens (tertiary/aromatic N) is 1. The van der Waals surface area contributed by atoms with E-state index in [1.165, 1.54) is 0 Å². The highest BCUT2D eigenvalue weighted by Gasteiger charge is 2.27. The number of benzene rings is 2. The van der Waals surface area contributed by atoms with Crippen LogP contribution in [0.2, 0.25) is 5.02 Å². The average Bonchev–Trinajstić information content (AvgIpc) is 2.81. The smallest absolute Gasteiger partial charge is 0.287 e. The molecule has 1 N–H and O–H groups in total. The normalized spacial score (nSPS) is 18.6. The predicted octanol–water partition coefficient (Wildman–Crippen LogP) is 3.96. The topological polar surface area (TPSA) is 50.8 Å². The second-order valence-corrected chi connectivity index (χ2v) is 8.63. The number of thioether (sulfide) groups is 1. The van der Waals surface area contributed by atoms with Gasteiger partial charge in [0.15, 0.2) is 5.76 Å². The van der Waals surface area contributed by atoms with Gasteiger partial charge in [0.25, 0.3) is 5.91 Å². The lowest BCUT2D eigenvalue weighted by atomic mass is 10.0. The molecule has 0 spiro atoms. The zero-order valence-corrected chi connectivity index (χ0v) is 18.3. The van der Waals surface area contributed by atoms with E-state index in [1.54, 1.807) is 11.8 Å². The first-order valence-corrected chi connectivity index (χ1v) is 11.5. The van der Waals surface area contributed by atoms with Crippen molar-refractivity contribution in [2.75, 3.05) is 45.2 Å². The summed E-state index contributed by atoms with van der Waals surface area (Å²) in [5, 5.41) is 3.80. The molecule has 0 bridgehead atoms. The van der Waals surface area contributed by atoms with Gasteiger partial charge in [0.1, 0.15) is 0 Å². The molecule has 2 heterocycles. The molecule has 4 rings (SSSR count). The Hall–Kier alpha value is -1.99. The van der Waals surface area contributed by atoms with Gasteiger partial charge in [-0.15, -0.1) is 11.8 Å². The van der Waals surface area contributed by atoms with Crippen molar-refractivity contribution in [3.63, 3.8) is 0 Å². The van der Waals surface area contributed by atoms with Crippen molar-refractivity contribution >= 4 is 34.2 Å². The van der Waals surface area contributed by atoms with Gasteiger partial charge in [-0.05, 0) is 17.2 Å². The fourth-order valence-corrected chi connectivity index (χ4v) is 4.95. The first-order valence-electron chi connectivity index (χ1n) is 10.1. The quantitative estimate of drug-likeness (QED) is 0.730. The Labute approximate surface area is 186 Å². The summed E-state index contributed by atoms with van der Waals surface area (Å²) in [6, 6.07) is 17.7. The Morgan fingerprint density at radius 2 is 1.80 bits per heavy atom. The monoisotopic (exact) mass is 444 g/mol. The first kappa shape index (κ1) is 21.2. The zero-order valence-electron chi connectivity index (χ0n) is 16.7. The molecule has 1 atom stereocenters. The SMILES string of the molecule is O=C(NC[C@@H](c1ccccc1Cl)N1CCOCC1)C1=C(c2ccccc2)SCCO1. The van der Waals surface area contributed by atoms with Gasteiger partial charge in [0, 0.05) is 30.4 Å². The second kappa shape index (κ2) is 10.4. The number of ether oxygens (including phenoxy) is 2. The van der Waals surface area contributed by atoms with Crippen LogP contribution in [0.25, 0.3) is 4.91 Å². The molecule has 2 aliphatic heterocycles. The van der Waals surface area contributed by atoms with Crippen LogP contribution in [0.4, 0.5) is 0 Å². The maximum Gasteiger partial charge on any atom is 0.287 e. The molecule has 1 saturated heterocycles. The molecule has 0 unspecified atom stereocenters. The van der Waals surface area contributed by atoms with Crippen LogP contribution >= 0.6 is 23.4 Å². The third-order valence-electron chi connectivity index (χ3n) is 5.23. The molecule has 158 valence electrons. The van der Waals surface area contributed by atoms with Crippen molar-refractivity contribution in [1.82, 2.24) is 10.2 Å². The summed E-state index contributed by atoms with van der Waals surface area (Å²) in [4.78, 5) is 16.3. The fraction of sp³-hybridized carbons (Fsp3) is 0.348. The molecule has 2 aromatic carbocycles. The maximum absolute atomic E-state index is 13.1. The fourth-order valence-electron chi connectivity index (χ4n) is 3.73. The molecule has 1 amide bonds. The Morgan fingerprint density at radius 1 is 1.07 bits per heavy atom. The van der Waals surface area contributed by atoms with E-state index in [4.69, 9.17) is 21.1 Å². The molecule has 5 nitrogen and oxygen atoms in total. The summed E-state index contributed by atoms with van der Waals surface area (Å²) in [5.41, 5.74) is 2.01. The van der Waals surface area contributed by atoms with Gasteiger partial charge < -0.3 is 14.8 Å². The van der Waals surface area contributed by atoms with Crippen LogP contribution < -0.4 is 5.32 Å². The van der Waals surface area contributed by atoms with E-state index in [9.17, 15) is 4.79 Å². The molecule has 7 heteroatoms. The van der Waals surface area contributed by atoms with Crippen LogP contribution in [0.15, 0.2) is 60.4 Å². The molecular formula is C23H25ClN2O3S. The van der Waals surface area contributed by atoms with Crippen LogP contribution in [0.3, 0.4) is 0 Å². The van der Waals surface area contributed by atoms with Crippen LogP contribution in [0.1, 0.15) is 17.2 Å². The highest BCUT2D eigenvalue weighted by atomic mass is 35.5. The number of rotatable bonds is 6. The van der Waals surface area contributed by atoms with E-state index in [2.05, 4.69) is 10.2 Å². The Morgan fingerprint density at radius 3 is 2.57 bits per heavy atom. The van der Waals surface area contributed by atoms with Gasteiger partial charge in [-0.25, -0.2) is 0 Å². The number of amides is 1. The maximum atomic E-state index is 13.1. The zero-order chi connectivity index (χ0) is 20.8. The first-order chi connectivity index (χ1) is 14.7. The van der Waals surface area contributed by atoms with E-state index >= 15 is 0 Å². The van der Waals surface area contributed by atoms with Crippen LogP contribution in [0, 0.1) is 0 Å². The Bertz CT molecular complexity index is 900. The summed E-state index contributed by atoms with van der Waals surface area (Å²) in [6.07, 6.45) is 0. The van der Waals surface area contributed by atoms with Crippen molar-refractivity contribution in [3.05, 3.63) is 76.5 Å². The highest BCUT2D eigenvalue weighted by molar-refractivity contribution is 8.08. The number of hydrogen-bond donors (Lipinski definition) is 1. The number of nitrogens with one attached hydrogen (secondary N) is 1. The van der Waals surface area contributed by atoms with Crippen LogP contribution in [0.5, 0.6) is 0 Å². The number of morpholine rings is 1. The highest BCUT2D eigenvalue weighted by Crippen LogP contribution is 2.35. The molecule has 0 aromatic heterocycles. The van der Waals surface area contributed by atoms with E-state index in [0.717, 1.165) is 34.9 Å². The van der Waals surface area contributed by atoms with Gasteiger partial charge in [-0.1, -0.05) is 60.1 Å². The minimum Gasteiger partial charge on any atom is -0.486 e. The van der Waals surface area contributed by atoms with E-state index in [0.29, 0.717) is 37.1 Å². The third kappa shape index (κ3) is 5.01. The number of halogens is 1. The molecular weight excluding hydrogens is 420 g/mol. The molecule has 1 fully saturated rings. The second-order valence-electron chi connectivity index (χ2n) is 7.12. The molecule has 0 saturated carbocycles. The molecule has 0 aliphatic carbocycles. The average molecular weight is 445 g/mol. The summed E-state index contributed by atoms with van der Waals surface area (Å²) < 4.78 is 11.3. The summed E-state index contributed by atoms with van der Waals surface area (Å²) in [7, 11) is 0. The number of carbonyl (C=O) groups is 1. The van der Waals surface area contributed by atoms with Gasteiger partial charge in [0.05, 0.1) is 30.8 Å². The Balaban J connectivity index is 1.54. The van der Waals surface area contributed by atoms with Crippen molar-refractivity contribution in [3.8, 4) is 0 Å². The summed E-state index contributed by atoms with van der Waals surface area (Å²) in [5.74, 6) is 1.04. The van der Waals surface area contributed by atoms with Gasteiger partial charge in [0.2, 0.25) is 0 Å². The lowest BCUT2D eigenvalue weighted by Crippen LogP contribution is -2.44. The number of hydrogen-bond acceptors (Lipinski definition) is 5. The van der Waals surface area contributed by atoms with Crippen molar-refractivity contribution in [2.45, 2.75) is 6.04 Å². The largest absolute Gasteiger partial charge is 0.486 e. The summed E-state index contributed by atoms with van der Waals surface area (Å²) in [6.45, 7) is 3.94. The molecule has 30 heavy (non-hydrogen) atoms. The standard InChI is InChI=1S/C23H25ClN2O3S/c24-19-9-5-4-8-18(19)20(26-10-12-28-13-11-26)16-25-23(27)21-22(30-15-14-29-21)17-6-2-1-3-7-17/h1-9,20H,10-16H2,(H,25,27)/t20-/m0/s1. The lowest BCUT2D eigenvalue weighted by molar-refractivity contribution is -0.121. The molecule has 0 radical (unpaired) electrons. The third-order valence-corrected chi connectivity index (χ3v) is 6.66. The van der Waals surface area contributed by atoms with Gasteiger partial charge >= 0.3 is 0 Å². The summed E-state index contributed by atoms with van der Waals surface area (Å²) >= 11 is 8.16. The van der Waals surface area contributed by atoms with E-state index in [1.807, 2.05) is 54.6 Å². The van der Waals surface area contributed by atoms with Crippen molar-refractivity contribution in [1.29, 1.82) is 0 Å². The number of carbonyl (C=O) groups excluding carboxylic acids is 1. The van der Waals surface area contributed by atoms with Crippen molar-refractivity contribution in [2.24, 2.45) is 0 Å². The van der Waals surface area contributed by atoms with Gasteiger partial charge in [-0.2, -0.15) is 0 Å². The molecule has 2 aliphatic rings. The predicted molar refractivity (Wildman–Crippen MR) is 121 cm³/mol. The Kier molecular flexibility index (Phi) is 7.33. The van der Waals surface area contributed by atoms with Gasteiger partial charge in [-0.3, -0.25) is 9.69 Å². The van der Waals surface area contributed by atoms with Crippen LogP contribution in [-0.2, 0) is 14.3 Å². The van der Waals surface area contributed by atoms with E-state index in [-0.39, 0.29) is 11.9 Å². The minimum atomic E-state index is -0.189. The lowest BCUT2D eigenvalue weighted by Gasteiger charge is -2.35.